The first-order valence-corrected chi connectivity index (χ1v) is 8.87. The molecular formula is C16H32IN5S. The van der Waals surface area contributed by atoms with E-state index in [9.17, 15) is 0 Å². The average molecular weight is 453 g/mol. The van der Waals surface area contributed by atoms with Gasteiger partial charge in [0.2, 0.25) is 0 Å². The predicted molar refractivity (Wildman–Crippen MR) is 112 cm³/mol. The van der Waals surface area contributed by atoms with E-state index in [0.717, 1.165) is 32.0 Å². The molecule has 1 rings (SSSR count). The number of aromatic nitrogens is 1. The second-order valence-corrected chi connectivity index (χ2v) is 7.29. The molecule has 0 aliphatic heterocycles. The fourth-order valence-corrected chi connectivity index (χ4v) is 3.23. The molecule has 1 aromatic rings. The van der Waals surface area contributed by atoms with Gasteiger partial charge in [-0.05, 0) is 34.6 Å². The van der Waals surface area contributed by atoms with Crippen LogP contribution in [0.25, 0.3) is 0 Å². The molecule has 0 unspecified atom stereocenters. The highest BCUT2D eigenvalue weighted by Crippen LogP contribution is 2.10. The van der Waals surface area contributed by atoms with Crippen LogP contribution in [0.4, 0.5) is 0 Å². The van der Waals surface area contributed by atoms with Crippen molar-refractivity contribution < 1.29 is 0 Å². The summed E-state index contributed by atoms with van der Waals surface area (Å²) in [5.41, 5.74) is 0. The highest BCUT2D eigenvalue weighted by Gasteiger charge is 2.12. The summed E-state index contributed by atoms with van der Waals surface area (Å²) in [6.07, 6.45) is 2.86. The largest absolute Gasteiger partial charge is 0.356 e. The number of rotatable bonds is 8. The first-order chi connectivity index (χ1) is 10.4. The smallest absolute Gasteiger partial charge is 0.191 e. The van der Waals surface area contributed by atoms with E-state index >= 15 is 0 Å². The monoisotopic (exact) mass is 453 g/mol. The third-order valence-corrected chi connectivity index (χ3v) is 4.49. The minimum atomic E-state index is 0. The maximum atomic E-state index is 4.37. The Kier molecular flexibility index (Phi) is 11.8. The molecule has 0 radical (unpaired) electrons. The molecule has 0 saturated carbocycles. The summed E-state index contributed by atoms with van der Waals surface area (Å²) in [5.74, 6) is 0.862. The zero-order valence-electron chi connectivity index (χ0n) is 15.2. The van der Waals surface area contributed by atoms with E-state index in [0.29, 0.717) is 12.1 Å². The molecule has 23 heavy (non-hydrogen) atoms. The zero-order chi connectivity index (χ0) is 16.5. The maximum Gasteiger partial charge on any atom is 0.191 e. The third-order valence-electron chi connectivity index (χ3n) is 3.51. The van der Waals surface area contributed by atoms with Crippen LogP contribution in [0.15, 0.2) is 11.2 Å². The van der Waals surface area contributed by atoms with E-state index < -0.39 is 0 Å². The number of nitrogens with one attached hydrogen (secondary N) is 2. The minimum Gasteiger partial charge on any atom is -0.356 e. The van der Waals surface area contributed by atoms with Crippen LogP contribution in [0.1, 0.15) is 37.6 Å². The van der Waals surface area contributed by atoms with Crippen molar-refractivity contribution in [2.24, 2.45) is 4.99 Å². The van der Waals surface area contributed by atoms with Crippen LogP contribution in [0.3, 0.4) is 0 Å². The molecule has 0 atom stereocenters. The summed E-state index contributed by atoms with van der Waals surface area (Å²) in [6, 6.07) is 1.12. The number of thiazole rings is 1. The lowest BCUT2D eigenvalue weighted by Crippen LogP contribution is -2.45. The number of aliphatic imine (C=N–C) groups is 1. The van der Waals surface area contributed by atoms with Crippen LogP contribution in [-0.4, -0.2) is 54.6 Å². The topological polar surface area (TPSA) is 52.6 Å². The van der Waals surface area contributed by atoms with Crippen molar-refractivity contribution in [2.45, 2.75) is 53.1 Å². The predicted octanol–water partition coefficient (Wildman–Crippen LogP) is 2.90. The van der Waals surface area contributed by atoms with Crippen molar-refractivity contribution in [3.8, 4) is 0 Å². The highest BCUT2D eigenvalue weighted by atomic mass is 127. The molecule has 134 valence electrons. The summed E-state index contributed by atoms with van der Waals surface area (Å²) < 4.78 is 0. The van der Waals surface area contributed by atoms with Crippen LogP contribution >= 0.6 is 35.3 Å². The number of hydrogen-bond acceptors (Lipinski definition) is 4. The quantitative estimate of drug-likeness (QED) is 0.361. The number of aryl methyl sites for hydroxylation is 1. The first-order valence-electron chi connectivity index (χ1n) is 8.05. The van der Waals surface area contributed by atoms with Crippen LogP contribution in [0.5, 0.6) is 0 Å². The van der Waals surface area contributed by atoms with Crippen molar-refractivity contribution in [2.75, 3.05) is 26.7 Å². The van der Waals surface area contributed by atoms with Crippen LogP contribution < -0.4 is 10.6 Å². The molecule has 2 N–H and O–H groups in total. The van der Waals surface area contributed by atoms with Crippen LogP contribution in [0, 0.1) is 6.92 Å². The Bertz CT molecular complexity index is 451. The average Bonchev–Trinajstić information content (AvgIpc) is 2.86. The van der Waals surface area contributed by atoms with Gasteiger partial charge in [-0.25, -0.2) is 4.98 Å². The Labute approximate surface area is 162 Å². The fourth-order valence-electron chi connectivity index (χ4n) is 2.44. The van der Waals surface area contributed by atoms with E-state index in [1.165, 1.54) is 9.88 Å². The Hall–Kier alpha value is -0.410. The van der Waals surface area contributed by atoms with Gasteiger partial charge in [0.1, 0.15) is 0 Å². The molecule has 0 bridgehead atoms. The van der Waals surface area contributed by atoms with Crippen molar-refractivity contribution in [1.29, 1.82) is 0 Å². The number of guanidine groups is 1. The lowest BCUT2D eigenvalue weighted by Gasteiger charge is -2.30. The van der Waals surface area contributed by atoms with E-state index in [1.807, 2.05) is 13.2 Å². The van der Waals surface area contributed by atoms with Gasteiger partial charge in [0.05, 0.1) is 5.01 Å². The molecule has 0 aliphatic rings. The Balaban J connectivity index is 0.00000484. The molecule has 7 heteroatoms. The van der Waals surface area contributed by atoms with Crippen LogP contribution in [-0.2, 0) is 6.42 Å². The van der Waals surface area contributed by atoms with Gasteiger partial charge in [0, 0.05) is 56.3 Å². The SMILES string of the molecule is CN=C(NCCc1ncc(C)s1)NCCN(C(C)C)C(C)C.I. The van der Waals surface area contributed by atoms with Gasteiger partial charge >= 0.3 is 0 Å². The Morgan fingerprint density at radius 2 is 1.83 bits per heavy atom. The Morgan fingerprint density at radius 1 is 1.22 bits per heavy atom. The second-order valence-electron chi connectivity index (χ2n) is 5.97. The summed E-state index contributed by atoms with van der Waals surface area (Å²) in [4.78, 5) is 12.4. The molecule has 1 heterocycles. The molecule has 0 aliphatic carbocycles. The summed E-state index contributed by atoms with van der Waals surface area (Å²) in [5, 5.41) is 7.90. The second kappa shape index (κ2) is 12.0. The molecule has 0 spiro atoms. The molecule has 0 fully saturated rings. The van der Waals surface area contributed by atoms with E-state index in [1.54, 1.807) is 11.3 Å². The van der Waals surface area contributed by atoms with Gasteiger partial charge in [-0.3, -0.25) is 9.89 Å². The van der Waals surface area contributed by atoms with Gasteiger partial charge < -0.3 is 10.6 Å². The van der Waals surface area contributed by atoms with E-state index in [4.69, 9.17) is 0 Å². The summed E-state index contributed by atoms with van der Waals surface area (Å²) in [7, 11) is 1.81. The molecular weight excluding hydrogens is 421 g/mol. The molecule has 0 aromatic carbocycles. The number of hydrogen-bond donors (Lipinski definition) is 2. The standard InChI is InChI=1S/C16H31N5S.HI/c1-12(2)21(13(3)4)10-9-19-16(17-6)18-8-7-15-20-11-14(5)22-15;/h11-13H,7-10H2,1-6H3,(H2,17,18,19);1H. The number of halogens is 1. The molecule has 1 aromatic heterocycles. The van der Waals surface area contributed by atoms with Crippen molar-refractivity contribution in [1.82, 2.24) is 20.5 Å². The van der Waals surface area contributed by atoms with Crippen molar-refractivity contribution in [3.63, 3.8) is 0 Å². The maximum absolute atomic E-state index is 4.37. The lowest BCUT2D eigenvalue weighted by molar-refractivity contribution is 0.178. The molecule has 5 nitrogen and oxygen atoms in total. The van der Waals surface area contributed by atoms with Gasteiger partial charge in [-0.1, -0.05) is 0 Å². The first kappa shape index (κ1) is 22.6. The van der Waals surface area contributed by atoms with E-state index in [2.05, 4.69) is 60.1 Å². The minimum absolute atomic E-state index is 0. The summed E-state index contributed by atoms with van der Waals surface area (Å²) in [6.45, 7) is 13.8. The lowest BCUT2D eigenvalue weighted by atomic mass is 10.2. The van der Waals surface area contributed by atoms with Gasteiger partial charge in [-0.2, -0.15) is 0 Å². The third kappa shape index (κ3) is 8.85. The van der Waals surface area contributed by atoms with Gasteiger partial charge in [0.25, 0.3) is 0 Å². The van der Waals surface area contributed by atoms with Gasteiger partial charge in [0.15, 0.2) is 5.96 Å². The highest BCUT2D eigenvalue weighted by molar-refractivity contribution is 14.0. The van der Waals surface area contributed by atoms with Crippen molar-refractivity contribution in [3.05, 3.63) is 16.1 Å². The molecule has 0 saturated heterocycles. The summed E-state index contributed by atoms with van der Waals surface area (Å²) >= 11 is 1.76. The number of nitrogens with zero attached hydrogens (tertiary/aromatic N) is 3. The normalized spacial score (nSPS) is 12.0. The van der Waals surface area contributed by atoms with Crippen LogP contribution in [0.2, 0.25) is 0 Å². The Morgan fingerprint density at radius 3 is 2.30 bits per heavy atom. The van der Waals surface area contributed by atoms with E-state index in [-0.39, 0.29) is 24.0 Å². The molecule has 0 amide bonds. The fraction of sp³-hybridized carbons (Fsp3) is 0.750. The van der Waals surface area contributed by atoms with Crippen molar-refractivity contribution >= 4 is 41.3 Å². The van der Waals surface area contributed by atoms with Gasteiger partial charge in [-0.15, -0.1) is 35.3 Å². The zero-order valence-corrected chi connectivity index (χ0v) is 18.4.